The van der Waals surface area contributed by atoms with Crippen molar-refractivity contribution < 1.29 is 9.90 Å². The first-order valence-corrected chi connectivity index (χ1v) is 9.16. The summed E-state index contributed by atoms with van der Waals surface area (Å²) in [5.41, 5.74) is 4.38. The number of benzene rings is 2. The molecule has 25 heavy (non-hydrogen) atoms. The number of hydrogen-bond donors (Lipinski definition) is 2. The Hall–Kier alpha value is -2.13. The van der Waals surface area contributed by atoms with Crippen molar-refractivity contribution in [2.45, 2.75) is 0 Å². The molecule has 3 aromatic rings. The lowest BCUT2D eigenvalue weighted by atomic mass is 10.2. The number of rotatable bonds is 4. The van der Waals surface area contributed by atoms with Gasteiger partial charge in [0.05, 0.1) is 9.78 Å². The summed E-state index contributed by atoms with van der Waals surface area (Å²) in [4.78, 5) is 12.3. The van der Waals surface area contributed by atoms with E-state index in [4.69, 9.17) is 0 Å². The van der Waals surface area contributed by atoms with Gasteiger partial charge in [-0.2, -0.15) is 5.10 Å². The number of hydrogen-bond acceptors (Lipinski definition) is 3. The summed E-state index contributed by atoms with van der Waals surface area (Å²) in [6, 6.07) is 14.6. The summed E-state index contributed by atoms with van der Waals surface area (Å²) in [6.45, 7) is 0. The normalized spacial score (nSPS) is 11.0. The molecule has 2 aromatic carbocycles. The number of nitrogens with zero attached hydrogens (tertiary/aromatic N) is 2. The average Bonchev–Trinajstić information content (AvgIpc) is 3.13. The Morgan fingerprint density at radius 3 is 2.72 bits per heavy atom. The Kier molecular flexibility index (Phi) is 5.54. The van der Waals surface area contributed by atoms with Gasteiger partial charge in [0.1, 0.15) is 5.75 Å². The molecule has 0 aliphatic carbocycles. The first-order valence-electron chi connectivity index (χ1n) is 7.29. The molecule has 1 aromatic heterocycles. The first kappa shape index (κ1) is 17.7. The number of amides is 1. The molecule has 2 N–H and O–H groups in total. The van der Waals surface area contributed by atoms with Crippen molar-refractivity contribution in [1.29, 1.82) is 0 Å². The smallest absolute Gasteiger partial charge is 0.271 e. The van der Waals surface area contributed by atoms with Gasteiger partial charge in [0.25, 0.3) is 5.91 Å². The van der Waals surface area contributed by atoms with Crippen LogP contribution in [0.25, 0.3) is 5.69 Å². The lowest BCUT2D eigenvalue weighted by Crippen LogP contribution is -2.17. The van der Waals surface area contributed by atoms with Gasteiger partial charge in [-0.1, -0.05) is 22.0 Å². The largest absolute Gasteiger partial charge is 0.506 e. The van der Waals surface area contributed by atoms with Gasteiger partial charge >= 0.3 is 0 Å². The maximum atomic E-state index is 12.3. The van der Waals surface area contributed by atoms with E-state index in [1.165, 1.54) is 6.21 Å². The Morgan fingerprint density at radius 2 is 1.96 bits per heavy atom. The van der Waals surface area contributed by atoms with Crippen LogP contribution in [0.1, 0.15) is 15.9 Å². The van der Waals surface area contributed by atoms with Gasteiger partial charge < -0.3 is 9.67 Å². The molecule has 0 unspecified atom stereocenters. The van der Waals surface area contributed by atoms with E-state index in [9.17, 15) is 9.90 Å². The fourth-order valence-electron chi connectivity index (χ4n) is 2.22. The molecule has 0 saturated heterocycles. The van der Waals surface area contributed by atoms with E-state index in [0.717, 1.165) is 10.2 Å². The minimum Gasteiger partial charge on any atom is -0.506 e. The van der Waals surface area contributed by atoms with E-state index in [0.29, 0.717) is 14.7 Å². The zero-order valence-electron chi connectivity index (χ0n) is 12.9. The highest BCUT2D eigenvalue weighted by Crippen LogP contribution is 2.27. The Labute approximate surface area is 166 Å². The van der Waals surface area contributed by atoms with Gasteiger partial charge in [0.2, 0.25) is 0 Å². The number of nitrogens with one attached hydrogen (secondary N) is 1. The fourth-order valence-corrected chi connectivity index (χ4v) is 3.77. The molecule has 126 valence electrons. The van der Waals surface area contributed by atoms with Gasteiger partial charge in [0.15, 0.2) is 0 Å². The molecule has 0 saturated carbocycles. The maximum Gasteiger partial charge on any atom is 0.271 e. The molecule has 0 atom stereocenters. The standard InChI is InChI=1S/C18H13BrIN3O2/c19-14-8-13(17(24)16(20)10-14)11-21-22-18(25)12-4-3-5-15(9-12)23-6-1-2-7-23/h1-11,24H,(H,22,25)/b21-11+. The van der Waals surface area contributed by atoms with Gasteiger partial charge in [-0.3, -0.25) is 4.79 Å². The second kappa shape index (κ2) is 7.83. The molecule has 1 heterocycles. The number of carbonyl (C=O) groups excluding carboxylic acids is 1. The van der Waals surface area contributed by atoms with E-state index in [2.05, 4.69) is 26.5 Å². The number of carbonyl (C=O) groups is 1. The molecule has 0 bridgehead atoms. The molecular weight excluding hydrogens is 497 g/mol. The Balaban J connectivity index is 1.74. The molecule has 3 rings (SSSR count). The third kappa shape index (κ3) is 4.29. The van der Waals surface area contributed by atoms with Crippen LogP contribution in [0, 0.1) is 3.57 Å². The predicted octanol–water partition coefficient (Wildman–Crippen LogP) is 4.31. The highest BCUT2D eigenvalue weighted by atomic mass is 127. The van der Waals surface area contributed by atoms with Crippen molar-refractivity contribution in [3.8, 4) is 11.4 Å². The molecule has 0 aliphatic heterocycles. The Bertz CT molecular complexity index is 939. The van der Waals surface area contributed by atoms with E-state index in [-0.39, 0.29) is 11.7 Å². The molecule has 7 heteroatoms. The highest BCUT2D eigenvalue weighted by Gasteiger charge is 2.07. The topological polar surface area (TPSA) is 66.6 Å². The minimum atomic E-state index is -0.325. The van der Waals surface area contributed by atoms with E-state index < -0.39 is 0 Å². The van der Waals surface area contributed by atoms with Gasteiger partial charge in [-0.15, -0.1) is 0 Å². The summed E-state index contributed by atoms with van der Waals surface area (Å²) in [6.07, 6.45) is 5.23. The molecule has 0 fully saturated rings. The van der Waals surface area contributed by atoms with Gasteiger partial charge in [-0.25, -0.2) is 5.43 Å². The van der Waals surface area contributed by atoms with Crippen molar-refractivity contribution in [3.05, 3.63) is 80.1 Å². The van der Waals surface area contributed by atoms with Crippen LogP contribution in [-0.2, 0) is 0 Å². The van der Waals surface area contributed by atoms with Crippen LogP contribution in [-0.4, -0.2) is 21.8 Å². The summed E-state index contributed by atoms with van der Waals surface area (Å²) in [5.74, 6) is -0.203. The van der Waals surface area contributed by atoms with Crippen molar-refractivity contribution in [3.63, 3.8) is 0 Å². The lowest BCUT2D eigenvalue weighted by molar-refractivity contribution is 0.0955. The number of phenols is 1. The second-order valence-corrected chi connectivity index (χ2v) is 7.24. The van der Waals surface area contributed by atoms with E-state index in [1.54, 1.807) is 24.3 Å². The average molecular weight is 510 g/mol. The Morgan fingerprint density at radius 1 is 1.20 bits per heavy atom. The summed E-state index contributed by atoms with van der Waals surface area (Å²) in [5, 5.41) is 13.9. The third-order valence-corrected chi connectivity index (χ3v) is 4.72. The summed E-state index contributed by atoms with van der Waals surface area (Å²) in [7, 11) is 0. The molecule has 0 radical (unpaired) electrons. The molecule has 0 aliphatic rings. The second-order valence-electron chi connectivity index (χ2n) is 5.17. The van der Waals surface area contributed by atoms with E-state index in [1.807, 2.05) is 63.8 Å². The van der Waals surface area contributed by atoms with E-state index >= 15 is 0 Å². The summed E-state index contributed by atoms with van der Waals surface area (Å²) >= 11 is 5.39. The molecule has 0 spiro atoms. The monoisotopic (exact) mass is 509 g/mol. The quantitative estimate of drug-likeness (QED) is 0.312. The van der Waals surface area contributed by atoms with Crippen LogP contribution in [0.4, 0.5) is 0 Å². The zero-order chi connectivity index (χ0) is 17.8. The minimum absolute atomic E-state index is 0.122. The summed E-state index contributed by atoms with van der Waals surface area (Å²) < 4.78 is 3.43. The number of halogens is 2. The number of aromatic hydroxyl groups is 1. The van der Waals surface area contributed by atoms with Gasteiger partial charge in [-0.05, 0) is 65.1 Å². The SMILES string of the molecule is O=C(N/N=C/c1cc(Br)cc(I)c1O)c1cccc(-n2cccc2)c1. The molecular formula is C18H13BrIN3O2. The van der Waals surface area contributed by atoms with Crippen molar-refractivity contribution in [2.75, 3.05) is 0 Å². The number of phenolic OH excluding ortho intramolecular Hbond substituents is 1. The van der Waals surface area contributed by atoms with Crippen molar-refractivity contribution >= 4 is 50.6 Å². The van der Waals surface area contributed by atoms with Crippen molar-refractivity contribution in [2.24, 2.45) is 5.10 Å². The third-order valence-electron chi connectivity index (χ3n) is 3.44. The fraction of sp³-hybridized carbons (Fsp3) is 0. The number of hydrazone groups is 1. The molecule has 5 nitrogen and oxygen atoms in total. The first-order chi connectivity index (χ1) is 12.0. The van der Waals surface area contributed by atoms with Crippen molar-refractivity contribution in [1.82, 2.24) is 9.99 Å². The zero-order valence-corrected chi connectivity index (χ0v) is 16.6. The molecule has 1 amide bonds. The van der Waals surface area contributed by atoms with Crippen LogP contribution in [0.15, 0.2) is 70.5 Å². The van der Waals surface area contributed by atoms with Crippen LogP contribution >= 0.6 is 38.5 Å². The van der Waals surface area contributed by atoms with Crippen LogP contribution < -0.4 is 5.43 Å². The number of aromatic nitrogens is 1. The maximum absolute atomic E-state index is 12.3. The highest BCUT2D eigenvalue weighted by molar-refractivity contribution is 14.1. The lowest BCUT2D eigenvalue weighted by Gasteiger charge is -2.06. The van der Waals surface area contributed by atoms with Gasteiger partial charge in [0, 0.05) is 33.7 Å². The predicted molar refractivity (Wildman–Crippen MR) is 109 cm³/mol. The van der Waals surface area contributed by atoms with Crippen LogP contribution in [0.5, 0.6) is 5.75 Å². The van der Waals surface area contributed by atoms with Crippen LogP contribution in [0.3, 0.4) is 0 Å². The van der Waals surface area contributed by atoms with Crippen LogP contribution in [0.2, 0.25) is 0 Å².